The molecule has 0 aromatic heterocycles. The van der Waals surface area contributed by atoms with Gasteiger partial charge in [0.05, 0.1) is 11.2 Å². The van der Waals surface area contributed by atoms with Gasteiger partial charge in [-0.15, -0.1) is 0 Å². The van der Waals surface area contributed by atoms with Crippen LogP contribution in [-0.2, 0) is 15.9 Å². The van der Waals surface area contributed by atoms with E-state index in [0.717, 1.165) is 12.0 Å². The molecule has 0 N–H and O–H groups in total. The van der Waals surface area contributed by atoms with E-state index in [4.69, 9.17) is 9.31 Å². The zero-order valence-electron chi connectivity index (χ0n) is 15.2. The molecule has 0 amide bonds. The molecule has 1 aliphatic rings. The lowest BCUT2D eigenvalue weighted by atomic mass is 9.79. The van der Waals surface area contributed by atoms with Crippen LogP contribution in [0.4, 0.5) is 5.69 Å². The highest BCUT2D eigenvalue weighted by molar-refractivity contribution is 6.62. The average Bonchev–Trinajstić information content (AvgIpc) is 2.77. The molecule has 3 rings (SSSR count). The molecule has 0 spiro atoms. The first kappa shape index (κ1) is 17.1. The fraction of sp³-hybridized carbons (Fsp3) is 0.400. The summed E-state index contributed by atoms with van der Waals surface area (Å²) in [5.74, 6) is 0. The Hall–Kier alpha value is -1.78. The van der Waals surface area contributed by atoms with Gasteiger partial charge in [-0.1, -0.05) is 42.5 Å². The van der Waals surface area contributed by atoms with E-state index in [1.807, 2.05) is 6.07 Å². The zero-order valence-corrected chi connectivity index (χ0v) is 15.2. The number of benzene rings is 2. The van der Waals surface area contributed by atoms with Gasteiger partial charge in [-0.3, -0.25) is 0 Å². The molecule has 0 unspecified atom stereocenters. The molecule has 2 aromatic rings. The number of nitrogens with zero attached hydrogens (tertiary/aromatic N) is 1. The number of hydrogen-bond acceptors (Lipinski definition) is 3. The van der Waals surface area contributed by atoms with Gasteiger partial charge < -0.3 is 14.2 Å². The molecule has 4 heteroatoms. The van der Waals surface area contributed by atoms with E-state index in [0.29, 0.717) is 0 Å². The molecule has 2 aromatic carbocycles. The summed E-state index contributed by atoms with van der Waals surface area (Å²) in [6, 6.07) is 18.9. The fourth-order valence-corrected chi connectivity index (χ4v) is 2.81. The van der Waals surface area contributed by atoms with E-state index in [-0.39, 0.29) is 18.3 Å². The Morgan fingerprint density at radius 2 is 1.38 bits per heavy atom. The number of rotatable bonds is 4. The minimum absolute atomic E-state index is 0.295. The van der Waals surface area contributed by atoms with E-state index >= 15 is 0 Å². The highest BCUT2D eigenvalue weighted by Crippen LogP contribution is 2.36. The normalized spacial score (nSPS) is 18.6. The van der Waals surface area contributed by atoms with Gasteiger partial charge in [-0.05, 0) is 50.9 Å². The van der Waals surface area contributed by atoms with Crippen LogP contribution in [0.15, 0.2) is 54.6 Å². The molecule has 0 radical (unpaired) electrons. The molecule has 0 aliphatic carbocycles. The van der Waals surface area contributed by atoms with Gasteiger partial charge in [0.2, 0.25) is 0 Å². The summed E-state index contributed by atoms with van der Waals surface area (Å²) in [6.07, 6.45) is 0. The summed E-state index contributed by atoms with van der Waals surface area (Å²) in [6.45, 7) is 9.19. The van der Waals surface area contributed by atoms with Crippen molar-refractivity contribution in [1.29, 1.82) is 0 Å². The molecule has 0 bridgehead atoms. The molecule has 24 heavy (non-hydrogen) atoms. The summed E-state index contributed by atoms with van der Waals surface area (Å²) in [4.78, 5) is 2.24. The fourth-order valence-electron chi connectivity index (χ4n) is 2.81. The lowest BCUT2D eigenvalue weighted by molar-refractivity contribution is 0.00578. The monoisotopic (exact) mass is 323 g/mol. The Kier molecular flexibility index (Phi) is 4.45. The molecule has 1 saturated heterocycles. The van der Waals surface area contributed by atoms with Gasteiger partial charge in [0.15, 0.2) is 0 Å². The van der Waals surface area contributed by atoms with Gasteiger partial charge in [0.25, 0.3) is 0 Å². The molecule has 1 aliphatic heterocycles. The number of hydrogen-bond donors (Lipinski definition) is 0. The van der Waals surface area contributed by atoms with Crippen LogP contribution in [0.1, 0.15) is 33.3 Å². The van der Waals surface area contributed by atoms with Crippen LogP contribution in [0.5, 0.6) is 0 Å². The topological polar surface area (TPSA) is 21.7 Å². The second kappa shape index (κ2) is 6.27. The first-order chi connectivity index (χ1) is 11.3. The Bertz CT molecular complexity index is 667. The van der Waals surface area contributed by atoms with Crippen LogP contribution in [-0.4, -0.2) is 25.4 Å². The predicted molar refractivity (Wildman–Crippen MR) is 101 cm³/mol. The SMILES string of the molecule is CN(Cc1ccc(B2OC(C)(C)C(C)(C)O2)cc1)c1ccccc1. The van der Waals surface area contributed by atoms with Crippen LogP contribution >= 0.6 is 0 Å². The second-order valence-electron chi connectivity index (χ2n) is 7.52. The minimum atomic E-state index is -0.302. The highest BCUT2D eigenvalue weighted by atomic mass is 16.7. The Balaban J connectivity index is 1.68. The van der Waals surface area contributed by atoms with Gasteiger partial charge in [0.1, 0.15) is 0 Å². The van der Waals surface area contributed by atoms with E-state index in [1.165, 1.54) is 11.3 Å². The van der Waals surface area contributed by atoms with Crippen molar-refractivity contribution < 1.29 is 9.31 Å². The third-order valence-electron chi connectivity index (χ3n) is 5.12. The first-order valence-electron chi connectivity index (χ1n) is 8.49. The molecular weight excluding hydrogens is 297 g/mol. The Morgan fingerprint density at radius 3 is 1.92 bits per heavy atom. The molecule has 3 nitrogen and oxygen atoms in total. The quantitative estimate of drug-likeness (QED) is 0.802. The highest BCUT2D eigenvalue weighted by Gasteiger charge is 2.51. The van der Waals surface area contributed by atoms with E-state index in [1.54, 1.807) is 0 Å². The molecule has 0 saturated carbocycles. The lowest BCUT2D eigenvalue weighted by Crippen LogP contribution is -2.41. The van der Waals surface area contributed by atoms with Gasteiger partial charge in [0, 0.05) is 19.3 Å². The third-order valence-corrected chi connectivity index (χ3v) is 5.12. The van der Waals surface area contributed by atoms with E-state index in [2.05, 4.69) is 88.2 Å². The molecule has 0 atom stereocenters. The zero-order chi connectivity index (χ0) is 17.4. The van der Waals surface area contributed by atoms with E-state index < -0.39 is 0 Å². The Morgan fingerprint density at radius 1 is 0.833 bits per heavy atom. The van der Waals surface area contributed by atoms with Crippen molar-refractivity contribution >= 4 is 18.3 Å². The maximum absolute atomic E-state index is 6.11. The molecular formula is C20H26BNO2. The molecule has 1 fully saturated rings. The summed E-state index contributed by atoms with van der Waals surface area (Å²) in [5.41, 5.74) is 2.95. The van der Waals surface area contributed by atoms with Crippen molar-refractivity contribution in [2.24, 2.45) is 0 Å². The molecule has 1 heterocycles. The van der Waals surface area contributed by atoms with Crippen molar-refractivity contribution in [3.63, 3.8) is 0 Å². The number of anilines is 1. The van der Waals surface area contributed by atoms with Crippen LogP contribution < -0.4 is 10.4 Å². The van der Waals surface area contributed by atoms with Gasteiger partial charge >= 0.3 is 7.12 Å². The van der Waals surface area contributed by atoms with Crippen LogP contribution in [0, 0.1) is 0 Å². The maximum atomic E-state index is 6.11. The Labute approximate surface area is 145 Å². The van der Waals surface area contributed by atoms with Crippen LogP contribution in [0.3, 0.4) is 0 Å². The third kappa shape index (κ3) is 3.35. The van der Waals surface area contributed by atoms with Crippen LogP contribution in [0.2, 0.25) is 0 Å². The summed E-state index contributed by atoms with van der Waals surface area (Å²) >= 11 is 0. The first-order valence-corrected chi connectivity index (χ1v) is 8.49. The van der Waals surface area contributed by atoms with Crippen molar-refractivity contribution in [3.05, 3.63) is 60.2 Å². The smallest absolute Gasteiger partial charge is 0.399 e. The molecule has 126 valence electrons. The largest absolute Gasteiger partial charge is 0.494 e. The van der Waals surface area contributed by atoms with Crippen molar-refractivity contribution in [2.45, 2.75) is 45.4 Å². The lowest BCUT2D eigenvalue weighted by Gasteiger charge is -2.32. The summed E-state index contributed by atoms with van der Waals surface area (Å²) in [5, 5.41) is 0. The number of para-hydroxylation sites is 1. The summed E-state index contributed by atoms with van der Waals surface area (Å²) in [7, 11) is 1.81. The average molecular weight is 323 g/mol. The summed E-state index contributed by atoms with van der Waals surface area (Å²) < 4.78 is 12.2. The maximum Gasteiger partial charge on any atom is 0.494 e. The van der Waals surface area contributed by atoms with E-state index in [9.17, 15) is 0 Å². The van der Waals surface area contributed by atoms with Crippen molar-refractivity contribution in [2.75, 3.05) is 11.9 Å². The van der Waals surface area contributed by atoms with Crippen molar-refractivity contribution in [3.8, 4) is 0 Å². The van der Waals surface area contributed by atoms with Gasteiger partial charge in [-0.2, -0.15) is 0 Å². The minimum Gasteiger partial charge on any atom is -0.399 e. The van der Waals surface area contributed by atoms with Crippen LogP contribution in [0.25, 0.3) is 0 Å². The predicted octanol–water partition coefficient (Wildman–Crippen LogP) is 3.62. The second-order valence-corrected chi connectivity index (χ2v) is 7.52. The van der Waals surface area contributed by atoms with Crippen molar-refractivity contribution in [1.82, 2.24) is 0 Å². The standard InChI is InChI=1S/C20H26BNO2/c1-19(2)20(3,4)24-21(23-19)17-13-11-16(12-14-17)15-22(5)18-9-7-6-8-10-18/h6-14H,15H2,1-5H3. The van der Waals surface area contributed by atoms with Gasteiger partial charge in [-0.25, -0.2) is 0 Å².